The quantitative estimate of drug-likeness (QED) is 0.141. The van der Waals surface area contributed by atoms with E-state index in [1.807, 2.05) is 0 Å². The van der Waals surface area contributed by atoms with Crippen molar-refractivity contribution in [1.82, 2.24) is 0 Å². The van der Waals surface area contributed by atoms with E-state index in [2.05, 4.69) is 26.3 Å². The van der Waals surface area contributed by atoms with Gasteiger partial charge in [0.15, 0.2) is 0 Å². The number of benzene rings is 4. The minimum atomic E-state index is -4.78. The highest BCUT2D eigenvalue weighted by Crippen LogP contribution is 2.36. The topological polar surface area (TPSA) is 195 Å². The second-order valence-electron chi connectivity index (χ2n) is 8.31. The Bertz CT molecular complexity index is 1990. The Morgan fingerprint density at radius 3 is 1.79 bits per heavy atom. The van der Waals surface area contributed by atoms with Gasteiger partial charge in [0.1, 0.15) is 16.3 Å². The Hall–Kier alpha value is -4.02. The summed E-state index contributed by atoms with van der Waals surface area (Å²) in [5, 5.41) is 26.8. The number of nitrogens with zero attached hydrogens (tertiary/aromatic N) is 4. The number of hydrogen-bond donors (Lipinski definition) is 3. The SMILES string of the molecule is C=S(C)(=O)c1ccc2c(O)ccc(/N=N/c3ccc(/N=N/c4ccc(S(=O)(=O)O)cc4)cc3S(=O)(=O)O)c2c1. The minimum Gasteiger partial charge on any atom is -0.507 e. The summed E-state index contributed by atoms with van der Waals surface area (Å²) in [5.41, 5.74) is 0.235. The van der Waals surface area contributed by atoms with E-state index in [9.17, 15) is 30.7 Å². The molecule has 0 aliphatic rings. The van der Waals surface area contributed by atoms with Gasteiger partial charge < -0.3 is 5.11 Å². The van der Waals surface area contributed by atoms with Crippen molar-refractivity contribution >= 4 is 69.2 Å². The Labute approximate surface area is 223 Å². The van der Waals surface area contributed by atoms with Gasteiger partial charge in [0, 0.05) is 21.9 Å². The second kappa shape index (κ2) is 10.3. The molecule has 0 fully saturated rings. The summed E-state index contributed by atoms with van der Waals surface area (Å²) in [6, 6.07) is 15.9. The molecular formula is C24H20N4O8S3. The highest BCUT2D eigenvalue weighted by molar-refractivity contribution is 7.99. The van der Waals surface area contributed by atoms with Crippen molar-refractivity contribution in [2.45, 2.75) is 14.7 Å². The molecule has 1 unspecified atom stereocenters. The first kappa shape index (κ1) is 28.0. The molecule has 15 heteroatoms. The summed E-state index contributed by atoms with van der Waals surface area (Å²) in [7, 11) is -11.7. The molecule has 3 N–H and O–H groups in total. The van der Waals surface area contributed by atoms with E-state index >= 15 is 0 Å². The molecule has 4 aromatic rings. The smallest absolute Gasteiger partial charge is 0.296 e. The molecule has 0 aliphatic carbocycles. The lowest BCUT2D eigenvalue weighted by molar-refractivity contribution is 0.481. The van der Waals surface area contributed by atoms with Crippen LogP contribution in [0.1, 0.15) is 0 Å². The number of fused-ring (bicyclic) bond motifs is 1. The fourth-order valence-electron chi connectivity index (χ4n) is 3.41. The van der Waals surface area contributed by atoms with Crippen LogP contribution >= 0.6 is 0 Å². The molecule has 0 heterocycles. The molecule has 12 nitrogen and oxygen atoms in total. The molecule has 1 atom stereocenters. The van der Waals surface area contributed by atoms with E-state index in [1.54, 1.807) is 18.2 Å². The number of rotatable bonds is 7. The third kappa shape index (κ3) is 6.52. The van der Waals surface area contributed by atoms with Gasteiger partial charge in [-0.15, -0.1) is 10.2 Å². The van der Waals surface area contributed by atoms with E-state index in [-0.39, 0.29) is 33.4 Å². The van der Waals surface area contributed by atoms with Crippen LogP contribution in [-0.2, 0) is 29.8 Å². The van der Waals surface area contributed by atoms with Crippen LogP contribution in [0.4, 0.5) is 22.7 Å². The molecule has 39 heavy (non-hydrogen) atoms. The zero-order chi connectivity index (χ0) is 28.6. The Balaban J connectivity index is 1.72. The third-order valence-corrected chi connectivity index (χ3v) is 8.34. The first-order valence-electron chi connectivity index (χ1n) is 10.7. The molecule has 0 saturated carbocycles. The fraction of sp³-hybridized carbons (Fsp3) is 0.0417. The fourth-order valence-corrected chi connectivity index (χ4v) is 5.26. The molecule has 4 aromatic carbocycles. The zero-order valence-electron chi connectivity index (χ0n) is 20.0. The standard InChI is InChI=1S/C24H20N4O8S3/c1-37(2,30)18-8-9-19-20(14-18)21(11-12-23(19)29)27-28-22-10-5-16(13-24(22)39(34,35)36)26-25-15-3-6-17(7-4-15)38(31,32)33/h3-14,29H,1H2,2H3,(H,31,32,33)(H,34,35,36)/b26-25+,28-27+. The Kier molecular flexibility index (Phi) is 7.38. The van der Waals surface area contributed by atoms with E-state index < -0.39 is 34.7 Å². The van der Waals surface area contributed by atoms with Crippen LogP contribution in [0, 0.1) is 0 Å². The molecule has 0 bridgehead atoms. The van der Waals surface area contributed by atoms with Crippen LogP contribution in [0.3, 0.4) is 0 Å². The van der Waals surface area contributed by atoms with Crippen molar-refractivity contribution in [3.05, 3.63) is 72.8 Å². The Morgan fingerprint density at radius 2 is 1.18 bits per heavy atom. The monoisotopic (exact) mass is 588 g/mol. The van der Waals surface area contributed by atoms with Gasteiger partial charge in [-0.3, -0.25) is 13.3 Å². The van der Waals surface area contributed by atoms with Crippen molar-refractivity contribution in [2.24, 2.45) is 20.5 Å². The molecular weight excluding hydrogens is 568 g/mol. The van der Waals surface area contributed by atoms with E-state index in [1.165, 1.54) is 42.7 Å². The van der Waals surface area contributed by atoms with Crippen LogP contribution in [0.25, 0.3) is 10.8 Å². The minimum absolute atomic E-state index is 0.0216. The number of azo groups is 2. The van der Waals surface area contributed by atoms with E-state index in [0.29, 0.717) is 15.7 Å². The van der Waals surface area contributed by atoms with Crippen LogP contribution in [0.2, 0.25) is 0 Å². The van der Waals surface area contributed by atoms with Crippen molar-refractivity contribution in [1.29, 1.82) is 0 Å². The summed E-state index contributed by atoms with van der Waals surface area (Å²) in [4.78, 5) is -0.530. The number of phenols is 1. The molecule has 0 saturated heterocycles. The molecule has 202 valence electrons. The zero-order valence-corrected chi connectivity index (χ0v) is 22.5. The van der Waals surface area contributed by atoms with Gasteiger partial charge in [-0.2, -0.15) is 27.1 Å². The largest absolute Gasteiger partial charge is 0.507 e. The molecule has 0 aliphatic heterocycles. The predicted molar refractivity (Wildman–Crippen MR) is 146 cm³/mol. The molecule has 0 aromatic heterocycles. The summed E-state index contributed by atoms with van der Waals surface area (Å²) in [6.45, 7) is 0. The van der Waals surface area contributed by atoms with Gasteiger partial charge in [0.2, 0.25) is 0 Å². The van der Waals surface area contributed by atoms with Crippen molar-refractivity contribution in [3.63, 3.8) is 0 Å². The van der Waals surface area contributed by atoms with E-state index in [4.69, 9.17) is 4.55 Å². The number of phenolic OH excluding ortho intramolecular Hbond substituents is 1. The average Bonchev–Trinajstić information content (AvgIpc) is 2.86. The van der Waals surface area contributed by atoms with Crippen molar-refractivity contribution in [2.75, 3.05) is 6.26 Å². The first-order valence-corrected chi connectivity index (χ1v) is 15.7. The summed E-state index contributed by atoms with van der Waals surface area (Å²) < 4.78 is 77.6. The maximum absolute atomic E-state index is 12.4. The highest BCUT2D eigenvalue weighted by Gasteiger charge is 2.17. The number of aromatic hydroxyl groups is 1. The summed E-state index contributed by atoms with van der Waals surface area (Å²) in [6.07, 6.45) is 1.46. The third-order valence-electron chi connectivity index (χ3n) is 5.34. The summed E-state index contributed by atoms with van der Waals surface area (Å²) >= 11 is 0. The average molecular weight is 589 g/mol. The van der Waals surface area contributed by atoms with Gasteiger partial charge in [0.25, 0.3) is 20.2 Å². The normalized spacial score (nSPS) is 14.2. The van der Waals surface area contributed by atoms with Crippen LogP contribution in [-0.4, -0.2) is 47.4 Å². The molecule has 0 spiro atoms. The van der Waals surface area contributed by atoms with Crippen molar-refractivity contribution < 1.29 is 35.3 Å². The first-order chi connectivity index (χ1) is 18.1. The second-order valence-corrected chi connectivity index (χ2v) is 13.6. The lowest BCUT2D eigenvalue weighted by Gasteiger charge is -2.08. The van der Waals surface area contributed by atoms with E-state index in [0.717, 1.165) is 18.2 Å². The highest BCUT2D eigenvalue weighted by atomic mass is 32.2. The van der Waals surface area contributed by atoms with Gasteiger partial charge >= 0.3 is 0 Å². The van der Waals surface area contributed by atoms with Crippen LogP contribution in [0.15, 0.2) is 108 Å². The van der Waals surface area contributed by atoms with Crippen molar-refractivity contribution in [3.8, 4) is 5.75 Å². The van der Waals surface area contributed by atoms with Gasteiger partial charge in [0.05, 0.1) is 22.0 Å². The van der Waals surface area contributed by atoms with Crippen LogP contribution in [0.5, 0.6) is 5.75 Å². The Morgan fingerprint density at radius 1 is 0.615 bits per heavy atom. The lowest BCUT2D eigenvalue weighted by atomic mass is 10.1. The molecule has 4 rings (SSSR count). The maximum Gasteiger partial charge on any atom is 0.296 e. The predicted octanol–water partition coefficient (Wildman–Crippen LogP) is 5.57. The van der Waals surface area contributed by atoms with Gasteiger partial charge in [-0.1, -0.05) is 0 Å². The van der Waals surface area contributed by atoms with Gasteiger partial charge in [-0.05, 0) is 88.2 Å². The number of hydrogen-bond acceptors (Lipinski definition) is 10. The lowest BCUT2D eigenvalue weighted by Crippen LogP contribution is -1.98. The van der Waals surface area contributed by atoms with Crippen LogP contribution < -0.4 is 0 Å². The summed E-state index contributed by atoms with van der Waals surface area (Å²) in [5.74, 6) is 3.60. The maximum atomic E-state index is 12.4. The molecule has 0 radical (unpaired) electrons. The van der Waals surface area contributed by atoms with Gasteiger partial charge in [-0.25, -0.2) is 0 Å². The molecule has 0 amide bonds.